The van der Waals surface area contributed by atoms with Gasteiger partial charge >= 0.3 is 0 Å². The first-order valence-corrected chi connectivity index (χ1v) is 10.5. The number of piperidine rings is 1. The average molecular weight is 423 g/mol. The molecular weight excluding hydrogens is 400 g/mol. The number of anilines is 3. The highest BCUT2D eigenvalue weighted by Crippen LogP contribution is 2.33. The molecule has 4 heterocycles. The maximum atomic E-state index is 11.6. The van der Waals surface area contributed by atoms with Crippen LogP contribution < -0.4 is 16.0 Å². The minimum absolute atomic E-state index is 0.0146. The van der Waals surface area contributed by atoms with Crippen LogP contribution in [0, 0.1) is 5.92 Å². The molecule has 1 saturated heterocycles. The molecule has 0 unspecified atom stereocenters. The lowest BCUT2D eigenvalue weighted by atomic mass is 9.97. The monoisotopic (exact) mass is 422 g/mol. The van der Waals surface area contributed by atoms with Crippen LogP contribution in [0.5, 0.6) is 0 Å². The number of nitrogens with one attached hydrogen (secondary N) is 1. The summed E-state index contributed by atoms with van der Waals surface area (Å²) in [4.78, 5) is 39.5. The summed E-state index contributed by atoms with van der Waals surface area (Å²) in [5, 5.41) is 4.07. The molecule has 0 aromatic carbocycles. The van der Waals surface area contributed by atoms with Crippen molar-refractivity contribution < 1.29 is 9.59 Å². The first kappa shape index (κ1) is 20.0. The SMILES string of the molecule is CC(=O)c1ccnc(Nc2cccc(-c3cnc(N4CCC(C(N)=O)CC4)s3)n2)c1. The summed E-state index contributed by atoms with van der Waals surface area (Å²) >= 11 is 1.57. The molecule has 0 aliphatic carbocycles. The number of primary amides is 1. The summed E-state index contributed by atoms with van der Waals surface area (Å²) < 4.78 is 0. The number of amides is 1. The zero-order valence-corrected chi connectivity index (χ0v) is 17.4. The maximum absolute atomic E-state index is 11.6. The third kappa shape index (κ3) is 4.46. The zero-order valence-electron chi connectivity index (χ0n) is 16.5. The Morgan fingerprint density at radius 2 is 1.97 bits per heavy atom. The van der Waals surface area contributed by atoms with Crippen molar-refractivity contribution in [1.82, 2.24) is 15.0 Å². The summed E-state index contributed by atoms with van der Waals surface area (Å²) in [6.07, 6.45) is 4.93. The molecule has 3 aromatic heterocycles. The number of hydrogen-bond donors (Lipinski definition) is 2. The lowest BCUT2D eigenvalue weighted by Gasteiger charge is -2.30. The molecule has 3 N–H and O–H groups in total. The van der Waals surface area contributed by atoms with Crippen molar-refractivity contribution in [3.8, 4) is 10.6 Å². The van der Waals surface area contributed by atoms with Crippen LogP contribution in [0.1, 0.15) is 30.1 Å². The van der Waals surface area contributed by atoms with Crippen LogP contribution in [-0.2, 0) is 4.79 Å². The van der Waals surface area contributed by atoms with Crippen molar-refractivity contribution in [2.24, 2.45) is 11.7 Å². The van der Waals surface area contributed by atoms with E-state index >= 15 is 0 Å². The smallest absolute Gasteiger partial charge is 0.220 e. The fraction of sp³-hybridized carbons (Fsp3) is 0.286. The predicted molar refractivity (Wildman–Crippen MR) is 117 cm³/mol. The summed E-state index contributed by atoms with van der Waals surface area (Å²) in [5.74, 6) is 0.929. The highest BCUT2D eigenvalue weighted by atomic mass is 32.1. The zero-order chi connectivity index (χ0) is 21.1. The Balaban J connectivity index is 1.48. The Morgan fingerprint density at radius 1 is 1.17 bits per heavy atom. The molecule has 154 valence electrons. The number of thiazole rings is 1. The highest BCUT2D eigenvalue weighted by molar-refractivity contribution is 7.18. The maximum Gasteiger partial charge on any atom is 0.220 e. The molecule has 4 rings (SSSR count). The van der Waals surface area contributed by atoms with Gasteiger partial charge in [0.2, 0.25) is 5.91 Å². The van der Waals surface area contributed by atoms with Gasteiger partial charge in [-0.1, -0.05) is 17.4 Å². The van der Waals surface area contributed by atoms with E-state index in [4.69, 9.17) is 5.73 Å². The van der Waals surface area contributed by atoms with E-state index in [9.17, 15) is 9.59 Å². The number of carbonyl (C=O) groups excluding carboxylic acids is 2. The van der Waals surface area contributed by atoms with Gasteiger partial charge in [0.1, 0.15) is 11.6 Å². The third-order valence-corrected chi connectivity index (χ3v) is 6.17. The minimum Gasteiger partial charge on any atom is -0.369 e. The molecule has 1 amide bonds. The third-order valence-electron chi connectivity index (χ3n) is 5.09. The quantitative estimate of drug-likeness (QED) is 0.586. The van der Waals surface area contributed by atoms with E-state index in [0.717, 1.165) is 41.6 Å². The second-order valence-electron chi connectivity index (χ2n) is 7.19. The Hall–Kier alpha value is -3.33. The molecule has 30 heavy (non-hydrogen) atoms. The minimum atomic E-state index is -0.216. The second kappa shape index (κ2) is 8.58. The largest absolute Gasteiger partial charge is 0.369 e. The van der Waals surface area contributed by atoms with Gasteiger partial charge in [0.15, 0.2) is 10.9 Å². The average Bonchev–Trinajstić information content (AvgIpc) is 3.24. The molecular formula is C21H22N6O2S. The summed E-state index contributed by atoms with van der Waals surface area (Å²) in [6.45, 7) is 3.07. The van der Waals surface area contributed by atoms with Crippen LogP contribution in [0.25, 0.3) is 10.6 Å². The number of aromatic nitrogens is 3. The Bertz CT molecular complexity index is 1070. The molecule has 3 aromatic rings. The number of nitrogens with two attached hydrogens (primary N) is 1. The lowest BCUT2D eigenvalue weighted by molar-refractivity contribution is -0.122. The first-order chi connectivity index (χ1) is 14.5. The van der Waals surface area contributed by atoms with Gasteiger partial charge in [0.25, 0.3) is 0 Å². The second-order valence-corrected chi connectivity index (χ2v) is 8.20. The summed E-state index contributed by atoms with van der Waals surface area (Å²) in [6, 6.07) is 9.08. The van der Waals surface area contributed by atoms with Gasteiger partial charge in [-0.3, -0.25) is 9.59 Å². The van der Waals surface area contributed by atoms with Crippen LogP contribution in [-0.4, -0.2) is 39.7 Å². The van der Waals surface area contributed by atoms with Crippen LogP contribution in [0.4, 0.5) is 16.8 Å². The lowest BCUT2D eigenvalue weighted by Crippen LogP contribution is -2.38. The molecule has 0 atom stereocenters. The topological polar surface area (TPSA) is 114 Å². The number of carbonyl (C=O) groups is 2. The standard InChI is InChI=1S/C21H22N6O2S/c1-13(28)15-5-8-23-19(11-15)26-18-4-2-3-16(25-18)17-12-24-21(30-17)27-9-6-14(7-10-27)20(22)29/h2-5,8,11-12,14H,6-7,9-10H2,1H3,(H2,22,29)(H,23,25,26). The molecule has 0 spiro atoms. The summed E-state index contributed by atoms with van der Waals surface area (Å²) in [7, 11) is 0. The van der Waals surface area contributed by atoms with Crippen LogP contribution >= 0.6 is 11.3 Å². The Labute approximate surface area is 178 Å². The molecule has 1 aliphatic rings. The summed E-state index contributed by atoms with van der Waals surface area (Å²) in [5.41, 5.74) is 6.82. The van der Waals surface area contributed by atoms with Gasteiger partial charge < -0.3 is 16.0 Å². The van der Waals surface area contributed by atoms with Gasteiger partial charge in [-0.05, 0) is 44.0 Å². The van der Waals surface area contributed by atoms with Crippen molar-refractivity contribution in [1.29, 1.82) is 0 Å². The van der Waals surface area contributed by atoms with Gasteiger partial charge in [0, 0.05) is 37.0 Å². The van der Waals surface area contributed by atoms with Gasteiger partial charge in [-0.25, -0.2) is 15.0 Å². The first-order valence-electron chi connectivity index (χ1n) is 9.71. The molecule has 1 aliphatic heterocycles. The molecule has 8 nitrogen and oxygen atoms in total. The van der Waals surface area contributed by atoms with E-state index in [1.165, 1.54) is 6.92 Å². The van der Waals surface area contributed by atoms with Gasteiger partial charge in [0.05, 0.1) is 10.6 Å². The molecule has 0 radical (unpaired) electrons. The van der Waals surface area contributed by atoms with Crippen LogP contribution in [0.15, 0.2) is 42.7 Å². The number of Topliss-reactive ketones (excluding diaryl/α,β-unsaturated/α-hetero) is 1. The van der Waals surface area contributed by atoms with Gasteiger partial charge in [-0.15, -0.1) is 0 Å². The molecule has 9 heteroatoms. The fourth-order valence-corrected chi connectivity index (χ4v) is 4.31. The molecule has 0 bridgehead atoms. The van der Waals surface area contributed by atoms with Crippen LogP contribution in [0.3, 0.4) is 0 Å². The van der Waals surface area contributed by atoms with Gasteiger partial charge in [-0.2, -0.15) is 0 Å². The van der Waals surface area contributed by atoms with E-state index in [-0.39, 0.29) is 17.6 Å². The van der Waals surface area contributed by atoms with E-state index in [2.05, 4.69) is 25.2 Å². The Morgan fingerprint density at radius 3 is 2.70 bits per heavy atom. The van der Waals surface area contributed by atoms with E-state index < -0.39 is 0 Å². The molecule has 0 saturated carbocycles. The van der Waals surface area contributed by atoms with Crippen molar-refractivity contribution in [2.45, 2.75) is 19.8 Å². The van der Waals surface area contributed by atoms with Crippen molar-refractivity contribution in [3.63, 3.8) is 0 Å². The number of rotatable bonds is 6. The van der Waals surface area contributed by atoms with E-state index in [1.807, 2.05) is 24.4 Å². The van der Waals surface area contributed by atoms with E-state index in [1.54, 1.807) is 29.7 Å². The highest BCUT2D eigenvalue weighted by Gasteiger charge is 2.24. The normalized spacial score (nSPS) is 14.5. The van der Waals surface area contributed by atoms with E-state index in [0.29, 0.717) is 17.2 Å². The number of ketones is 1. The fourth-order valence-electron chi connectivity index (χ4n) is 3.38. The number of pyridine rings is 2. The predicted octanol–water partition coefficient (Wildman–Crippen LogP) is 3.25. The Kier molecular flexibility index (Phi) is 5.71. The number of hydrogen-bond acceptors (Lipinski definition) is 8. The van der Waals surface area contributed by atoms with Crippen LogP contribution in [0.2, 0.25) is 0 Å². The number of nitrogens with zero attached hydrogens (tertiary/aromatic N) is 4. The van der Waals surface area contributed by atoms with Crippen molar-refractivity contribution in [2.75, 3.05) is 23.3 Å². The molecule has 1 fully saturated rings. The van der Waals surface area contributed by atoms with Crippen molar-refractivity contribution >= 4 is 39.8 Å². The van der Waals surface area contributed by atoms with Crippen molar-refractivity contribution in [3.05, 3.63) is 48.3 Å².